The zero-order valence-electron chi connectivity index (χ0n) is 10.3. The van der Waals surface area contributed by atoms with Crippen molar-refractivity contribution < 1.29 is 9.21 Å². The Morgan fingerprint density at radius 2 is 2.33 bits per heavy atom. The maximum Gasteiger partial charge on any atom is 0.257 e. The Morgan fingerprint density at radius 1 is 1.56 bits per heavy atom. The van der Waals surface area contributed by atoms with Crippen LogP contribution in [0.2, 0.25) is 0 Å². The van der Waals surface area contributed by atoms with Gasteiger partial charge in [-0.05, 0) is 19.1 Å². The summed E-state index contributed by atoms with van der Waals surface area (Å²) in [5.41, 5.74) is 7.69. The molecule has 0 aliphatic rings. The molecule has 0 bridgehead atoms. The molecule has 0 aliphatic carbocycles. The molecule has 1 aromatic heterocycles. The fourth-order valence-corrected chi connectivity index (χ4v) is 2.17. The number of fused-ring (bicyclic) bond motifs is 1. The molecular formula is C12H15N3O2S. The van der Waals surface area contributed by atoms with Gasteiger partial charge >= 0.3 is 0 Å². The van der Waals surface area contributed by atoms with Crippen molar-refractivity contribution in [1.29, 1.82) is 0 Å². The third-order valence-corrected chi connectivity index (χ3v) is 3.42. The van der Waals surface area contributed by atoms with Gasteiger partial charge in [0, 0.05) is 25.3 Å². The van der Waals surface area contributed by atoms with E-state index in [0.717, 1.165) is 5.52 Å². The first-order valence-electron chi connectivity index (χ1n) is 5.63. The summed E-state index contributed by atoms with van der Waals surface area (Å²) in [4.78, 5) is 17.6. The van der Waals surface area contributed by atoms with Crippen LogP contribution in [0.1, 0.15) is 6.92 Å². The van der Waals surface area contributed by atoms with E-state index in [4.69, 9.17) is 10.2 Å². The van der Waals surface area contributed by atoms with Gasteiger partial charge < -0.3 is 15.1 Å². The van der Waals surface area contributed by atoms with Crippen LogP contribution >= 0.6 is 11.8 Å². The van der Waals surface area contributed by atoms with Crippen LogP contribution in [0.5, 0.6) is 0 Å². The highest BCUT2D eigenvalue weighted by Gasteiger charge is 2.11. The quantitative estimate of drug-likeness (QED) is 0.676. The molecular weight excluding hydrogens is 250 g/mol. The summed E-state index contributed by atoms with van der Waals surface area (Å²) in [6.45, 7) is 2.63. The molecule has 0 aliphatic heterocycles. The van der Waals surface area contributed by atoms with Gasteiger partial charge in [0.15, 0.2) is 5.58 Å². The number of oxazole rings is 1. The Bertz CT molecular complexity index is 567. The number of carbonyl (C=O) groups excluding carboxylic acids is 1. The van der Waals surface area contributed by atoms with E-state index in [-0.39, 0.29) is 5.91 Å². The van der Waals surface area contributed by atoms with Crippen LogP contribution in [0.4, 0.5) is 5.69 Å². The topological polar surface area (TPSA) is 72.4 Å². The molecule has 0 unspecified atom stereocenters. The summed E-state index contributed by atoms with van der Waals surface area (Å²) in [5.74, 6) is 0.386. The number of hydrogen-bond acceptors (Lipinski definition) is 5. The van der Waals surface area contributed by atoms with Gasteiger partial charge in [-0.1, -0.05) is 11.8 Å². The number of nitrogens with two attached hydrogens (primary N) is 1. The summed E-state index contributed by atoms with van der Waals surface area (Å²) in [5, 5.41) is 0.494. The van der Waals surface area contributed by atoms with Crippen LogP contribution in [-0.2, 0) is 4.79 Å². The van der Waals surface area contributed by atoms with E-state index in [1.165, 1.54) is 11.8 Å². The Labute approximate surface area is 109 Å². The second-order valence-corrected chi connectivity index (χ2v) is 4.83. The van der Waals surface area contributed by atoms with E-state index >= 15 is 0 Å². The first kappa shape index (κ1) is 12.8. The van der Waals surface area contributed by atoms with Crippen molar-refractivity contribution in [2.45, 2.75) is 12.1 Å². The second-order valence-electron chi connectivity index (χ2n) is 3.90. The molecule has 0 fully saturated rings. The molecule has 0 atom stereocenters. The van der Waals surface area contributed by atoms with Gasteiger partial charge in [0.05, 0.1) is 5.75 Å². The molecule has 0 saturated heterocycles. The highest BCUT2D eigenvalue weighted by atomic mass is 32.2. The van der Waals surface area contributed by atoms with Gasteiger partial charge in [-0.15, -0.1) is 0 Å². The van der Waals surface area contributed by atoms with E-state index in [9.17, 15) is 4.79 Å². The van der Waals surface area contributed by atoms with Crippen molar-refractivity contribution in [3.63, 3.8) is 0 Å². The fourth-order valence-electron chi connectivity index (χ4n) is 1.39. The van der Waals surface area contributed by atoms with Gasteiger partial charge in [-0.25, -0.2) is 4.98 Å². The summed E-state index contributed by atoms with van der Waals surface area (Å²) in [7, 11) is 1.77. The molecule has 6 heteroatoms. The number of nitrogen functional groups attached to an aromatic ring is 1. The molecule has 5 nitrogen and oxygen atoms in total. The van der Waals surface area contributed by atoms with Crippen molar-refractivity contribution in [2.75, 3.05) is 25.1 Å². The molecule has 1 aromatic carbocycles. The number of benzene rings is 1. The normalized spacial score (nSPS) is 10.8. The van der Waals surface area contributed by atoms with Crippen molar-refractivity contribution in [1.82, 2.24) is 9.88 Å². The minimum Gasteiger partial charge on any atom is -0.431 e. The predicted molar refractivity (Wildman–Crippen MR) is 72.5 cm³/mol. The van der Waals surface area contributed by atoms with Crippen LogP contribution in [0.3, 0.4) is 0 Å². The van der Waals surface area contributed by atoms with Gasteiger partial charge in [-0.2, -0.15) is 0 Å². The Hall–Kier alpha value is -1.69. The second kappa shape index (κ2) is 5.30. The average molecular weight is 265 g/mol. The van der Waals surface area contributed by atoms with E-state index in [1.54, 1.807) is 30.1 Å². The molecule has 0 spiro atoms. The summed E-state index contributed by atoms with van der Waals surface area (Å²) >= 11 is 1.29. The number of rotatable bonds is 4. The largest absolute Gasteiger partial charge is 0.431 e. The maximum atomic E-state index is 11.6. The molecule has 18 heavy (non-hydrogen) atoms. The van der Waals surface area contributed by atoms with Gasteiger partial charge in [0.25, 0.3) is 5.22 Å². The molecule has 0 radical (unpaired) electrons. The van der Waals surface area contributed by atoms with Crippen molar-refractivity contribution in [3.8, 4) is 0 Å². The van der Waals surface area contributed by atoms with Gasteiger partial charge in [0.1, 0.15) is 5.52 Å². The zero-order chi connectivity index (χ0) is 13.1. The minimum atomic E-state index is 0.0595. The van der Waals surface area contributed by atoms with Crippen LogP contribution in [-0.4, -0.2) is 35.1 Å². The molecule has 1 heterocycles. The van der Waals surface area contributed by atoms with Crippen molar-refractivity contribution >= 4 is 34.5 Å². The van der Waals surface area contributed by atoms with Crippen molar-refractivity contribution in [2.24, 2.45) is 0 Å². The number of hydrogen-bond donors (Lipinski definition) is 1. The first-order chi connectivity index (χ1) is 8.60. The lowest BCUT2D eigenvalue weighted by Crippen LogP contribution is -2.27. The number of anilines is 1. The van der Waals surface area contributed by atoms with Crippen LogP contribution in [0.25, 0.3) is 11.1 Å². The highest BCUT2D eigenvalue weighted by Crippen LogP contribution is 2.24. The van der Waals surface area contributed by atoms with Gasteiger partial charge in [-0.3, -0.25) is 4.79 Å². The van der Waals surface area contributed by atoms with E-state index in [2.05, 4.69) is 4.98 Å². The van der Waals surface area contributed by atoms with Crippen LogP contribution < -0.4 is 5.73 Å². The minimum absolute atomic E-state index is 0.0595. The monoisotopic (exact) mass is 265 g/mol. The Kier molecular flexibility index (Phi) is 3.76. The average Bonchev–Trinajstić information content (AvgIpc) is 2.76. The zero-order valence-corrected chi connectivity index (χ0v) is 11.2. The molecule has 2 N–H and O–H groups in total. The van der Waals surface area contributed by atoms with Crippen LogP contribution in [0.15, 0.2) is 27.8 Å². The third kappa shape index (κ3) is 2.76. The highest BCUT2D eigenvalue weighted by molar-refractivity contribution is 7.99. The SMILES string of the molecule is CCN(C)C(=O)CSc1nc2ccc(N)cc2o1. The molecule has 2 aromatic rings. The molecule has 0 saturated carbocycles. The van der Waals surface area contributed by atoms with E-state index in [0.29, 0.717) is 28.8 Å². The standard InChI is InChI=1S/C12H15N3O2S/c1-3-15(2)11(16)7-18-12-14-9-5-4-8(13)6-10(9)17-12/h4-6H,3,7,13H2,1-2H3. The number of aromatic nitrogens is 1. The summed E-state index contributed by atoms with van der Waals surface area (Å²) in [6, 6.07) is 5.31. The number of nitrogens with zero attached hydrogens (tertiary/aromatic N) is 2. The predicted octanol–water partition coefficient (Wildman–Crippen LogP) is 1.98. The Morgan fingerprint density at radius 3 is 3.06 bits per heavy atom. The maximum absolute atomic E-state index is 11.6. The molecule has 96 valence electrons. The summed E-state index contributed by atoms with van der Waals surface area (Å²) in [6.07, 6.45) is 0. The Balaban J connectivity index is 2.06. The number of amides is 1. The molecule has 2 rings (SSSR count). The van der Waals surface area contributed by atoms with E-state index in [1.807, 2.05) is 6.92 Å². The van der Waals surface area contributed by atoms with E-state index < -0.39 is 0 Å². The summed E-state index contributed by atoms with van der Waals surface area (Å²) < 4.78 is 5.51. The smallest absolute Gasteiger partial charge is 0.257 e. The number of thioether (sulfide) groups is 1. The lowest BCUT2D eigenvalue weighted by atomic mass is 10.3. The first-order valence-corrected chi connectivity index (χ1v) is 6.61. The lowest BCUT2D eigenvalue weighted by molar-refractivity contribution is -0.126. The fraction of sp³-hybridized carbons (Fsp3) is 0.333. The van der Waals surface area contributed by atoms with Crippen molar-refractivity contribution in [3.05, 3.63) is 18.2 Å². The van der Waals surface area contributed by atoms with Gasteiger partial charge in [0.2, 0.25) is 5.91 Å². The number of carbonyl (C=O) groups is 1. The molecule has 1 amide bonds. The third-order valence-electron chi connectivity index (χ3n) is 2.61. The van der Waals surface area contributed by atoms with Crippen LogP contribution in [0, 0.1) is 0 Å². The lowest BCUT2D eigenvalue weighted by Gasteiger charge is -2.12.